The van der Waals surface area contributed by atoms with E-state index in [1.807, 2.05) is 0 Å². The van der Waals surface area contributed by atoms with Crippen LogP contribution < -0.4 is 0 Å². The summed E-state index contributed by atoms with van der Waals surface area (Å²) in [6, 6.07) is 11.3. The Balaban J connectivity index is 1.98. The zero-order valence-electron chi connectivity index (χ0n) is 16.4. The van der Waals surface area contributed by atoms with Crippen LogP contribution in [-0.4, -0.2) is 0 Å². The predicted octanol–water partition coefficient (Wildman–Crippen LogP) is 7.96. The van der Waals surface area contributed by atoms with Gasteiger partial charge in [-0.2, -0.15) is 0 Å². The van der Waals surface area contributed by atoms with Crippen molar-refractivity contribution in [1.29, 1.82) is 0 Å². The summed E-state index contributed by atoms with van der Waals surface area (Å²) in [6.45, 7) is 9.25. The van der Waals surface area contributed by atoms with E-state index in [-0.39, 0.29) is 5.41 Å². The first kappa shape index (κ1) is 18.5. The van der Waals surface area contributed by atoms with Gasteiger partial charge in [0.1, 0.15) is 0 Å². The summed E-state index contributed by atoms with van der Waals surface area (Å²) in [6.07, 6.45) is 14.6. The Hall–Kier alpha value is -1.30. The van der Waals surface area contributed by atoms with Crippen molar-refractivity contribution < 1.29 is 0 Å². The lowest BCUT2D eigenvalue weighted by Gasteiger charge is -2.36. The van der Waals surface area contributed by atoms with Crippen LogP contribution in [0.3, 0.4) is 0 Å². The zero-order chi connectivity index (χ0) is 17.7. The molecule has 0 bridgehead atoms. The van der Waals surface area contributed by atoms with E-state index >= 15 is 0 Å². The molecular weight excluding hydrogens is 300 g/mol. The van der Waals surface area contributed by atoms with Crippen molar-refractivity contribution in [3.8, 4) is 0 Å². The SMILES string of the molecule is C=C(CCC)[C@@]12CCC[C@@H]1CC(CCCCCC)=C2c1ccccc1. The molecule has 0 spiro atoms. The van der Waals surface area contributed by atoms with Gasteiger partial charge in [0.15, 0.2) is 0 Å². The van der Waals surface area contributed by atoms with Crippen molar-refractivity contribution in [2.75, 3.05) is 0 Å². The molecule has 0 heterocycles. The second-order valence-corrected chi connectivity index (χ2v) is 8.27. The van der Waals surface area contributed by atoms with Crippen molar-refractivity contribution in [1.82, 2.24) is 0 Å². The van der Waals surface area contributed by atoms with Gasteiger partial charge in [0.2, 0.25) is 0 Å². The molecule has 1 fully saturated rings. The van der Waals surface area contributed by atoms with Crippen molar-refractivity contribution in [3.05, 3.63) is 53.6 Å². The fraction of sp³-hybridized carbons (Fsp3) is 0.600. The number of hydrogen-bond acceptors (Lipinski definition) is 0. The van der Waals surface area contributed by atoms with Gasteiger partial charge >= 0.3 is 0 Å². The van der Waals surface area contributed by atoms with E-state index in [4.69, 9.17) is 0 Å². The largest absolute Gasteiger partial charge is 0.0989 e. The number of benzene rings is 1. The molecule has 2 aliphatic rings. The van der Waals surface area contributed by atoms with E-state index in [1.54, 1.807) is 11.1 Å². The number of hydrogen-bond donors (Lipinski definition) is 0. The molecule has 0 nitrogen and oxygen atoms in total. The van der Waals surface area contributed by atoms with Gasteiger partial charge in [0.05, 0.1) is 0 Å². The lowest BCUT2D eigenvalue weighted by atomic mass is 9.67. The van der Waals surface area contributed by atoms with Gasteiger partial charge in [-0.1, -0.05) is 94.0 Å². The highest BCUT2D eigenvalue weighted by atomic mass is 14.6. The first-order valence-corrected chi connectivity index (χ1v) is 10.7. The minimum atomic E-state index is 0.289. The molecule has 25 heavy (non-hydrogen) atoms. The van der Waals surface area contributed by atoms with Gasteiger partial charge in [-0.15, -0.1) is 0 Å². The van der Waals surface area contributed by atoms with E-state index in [2.05, 4.69) is 50.8 Å². The molecule has 2 atom stereocenters. The van der Waals surface area contributed by atoms with Gasteiger partial charge in [0, 0.05) is 5.41 Å². The Kier molecular flexibility index (Phi) is 6.20. The highest BCUT2D eigenvalue weighted by Gasteiger charge is 2.52. The molecular formula is C25H36. The number of allylic oxidation sites excluding steroid dienone is 3. The molecule has 0 N–H and O–H groups in total. The van der Waals surface area contributed by atoms with Gasteiger partial charge in [-0.25, -0.2) is 0 Å². The highest BCUT2D eigenvalue weighted by molar-refractivity contribution is 5.79. The third-order valence-electron chi connectivity index (χ3n) is 6.69. The molecule has 1 saturated carbocycles. The average Bonchev–Trinajstić information content (AvgIpc) is 3.16. The average molecular weight is 337 g/mol. The van der Waals surface area contributed by atoms with Crippen LogP contribution in [0.15, 0.2) is 48.1 Å². The first-order chi connectivity index (χ1) is 12.2. The van der Waals surface area contributed by atoms with Crippen LogP contribution in [0.2, 0.25) is 0 Å². The molecule has 2 aliphatic carbocycles. The monoisotopic (exact) mass is 336 g/mol. The van der Waals surface area contributed by atoms with E-state index in [0.29, 0.717) is 0 Å². The summed E-state index contributed by atoms with van der Waals surface area (Å²) in [5.74, 6) is 0.822. The predicted molar refractivity (Wildman–Crippen MR) is 111 cm³/mol. The summed E-state index contributed by atoms with van der Waals surface area (Å²) in [4.78, 5) is 0. The zero-order valence-corrected chi connectivity index (χ0v) is 16.4. The van der Waals surface area contributed by atoms with E-state index in [1.165, 1.54) is 81.8 Å². The maximum Gasteiger partial charge on any atom is 0.0195 e. The molecule has 0 radical (unpaired) electrons. The van der Waals surface area contributed by atoms with Gasteiger partial charge in [-0.05, 0) is 55.6 Å². The lowest BCUT2D eigenvalue weighted by Crippen LogP contribution is -2.25. The lowest BCUT2D eigenvalue weighted by molar-refractivity contribution is 0.360. The molecule has 0 unspecified atom stereocenters. The second kappa shape index (κ2) is 8.39. The first-order valence-electron chi connectivity index (χ1n) is 10.7. The van der Waals surface area contributed by atoms with E-state index in [0.717, 1.165) is 5.92 Å². The topological polar surface area (TPSA) is 0 Å². The fourth-order valence-electron chi connectivity index (χ4n) is 5.62. The minimum absolute atomic E-state index is 0.289. The standard InChI is InChI=1S/C25H36/c1-4-6-7-9-16-22-19-23-17-12-18-25(23,20(3)13-5-2)24(22)21-14-10-8-11-15-21/h8,10-11,14-15,23H,3-7,9,12-13,16-19H2,1-2H3/t23-,25+/m1/s1. The summed E-state index contributed by atoms with van der Waals surface area (Å²) >= 11 is 0. The van der Waals surface area contributed by atoms with Crippen LogP contribution >= 0.6 is 0 Å². The smallest absolute Gasteiger partial charge is 0.0195 e. The van der Waals surface area contributed by atoms with Gasteiger partial charge in [-0.3, -0.25) is 0 Å². The Morgan fingerprint density at radius 2 is 1.88 bits per heavy atom. The summed E-state index contributed by atoms with van der Waals surface area (Å²) in [7, 11) is 0. The molecule has 3 rings (SSSR count). The summed E-state index contributed by atoms with van der Waals surface area (Å²) in [5.41, 5.74) is 6.77. The number of rotatable bonds is 9. The van der Waals surface area contributed by atoms with Crippen molar-refractivity contribution in [3.63, 3.8) is 0 Å². The Morgan fingerprint density at radius 1 is 1.08 bits per heavy atom. The molecule has 0 saturated heterocycles. The maximum atomic E-state index is 4.65. The third kappa shape index (κ3) is 3.50. The van der Waals surface area contributed by atoms with Crippen LogP contribution in [0.25, 0.3) is 5.57 Å². The second-order valence-electron chi connectivity index (χ2n) is 8.27. The van der Waals surface area contributed by atoms with Crippen molar-refractivity contribution in [2.45, 2.75) is 84.5 Å². The van der Waals surface area contributed by atoms with Crippen molar-refractivity contribution >= 4 is 5.57 Å². The number of unbranched alkanes of at least 4 members (excludes halogenated alkanes) is 3. The Bertz CT molecular complexity index is 606. The number of fused-ring (bicyclic) bond motifs is 1. The molecule has 0 aromatic heterocycles. The summed E-state index contributed by atoms with van der Waals surface area (Å²) in [5, 5.41) is 0. The van der Waals surface area contributed by atoms with Gasteiger partial charge < -0.3 is 0 Å². The fourth-order valence-corrected chi connectivity index (χ4v) is 5.62. The van der Waals surface area contributed by atoms with Crippen LogP contribution in [0.5, 0.6) is 0 Å². The summed E-state index contributed by atoms with van der Waals surface area (Å²) < 4.78 is 0. The Labute approximate surface area is 155 Å². The molecule has 0 amide bonds. The van der Waals surface area contributed by atoms with Gasteiger partial charge in [0.25, 0.3) is 0 Å². The Morgan fingerprint density at radius 3 is 2.60 bits per heavy atom. The normalized spacial score (nSPS) is 25.4. The minimum Gasteiger partial charge on any atom is -0.0989 e. The van der Waals surface area contributed by atoms with Crippen LogP contribution in [0, 0.1) is 11.3 Å². The van der Waals surface area contributed by atoms with Crippen LogP contribution in [0.1, 0.15) is 90.0 Å². The van der Waals surface area contributed by atoms with E-state index < -0.39 is 0 Å². The quantitative estimate of drug-likeness (QED) is 0.317. The van der Waals surface area contributed by atoms with Crippen LogP contribution in [-0.2, 0) is 0 Å². The van der Waals surface area contributed by atoms with Crippen molar-refractivity contribution in [2.24, 2.45) is 11.3 Å². The maximum absolute atomic E-state index is 4.65. The molecule has 1 aromatic carbocycles. The molecule has 0 aliphatic heterocycles. The molecule has 0 heteroatoms. The van der Waals surface area contributed by atoms with Crippen LogP contribution in [0.4, 0.5) is 0 Å². The third-order valence-corrected chi connectivity index (χ3v) is 6.69. The van der Waals surface area contributed by atoms with E-state index in [9.17, 15) is 0 Å². The molecule has 1 aromatic rings. The molecule has 136 valence electrons. The highest BCUT2D eigenvalue weighted by Crippen LogP contribution is 2.64.